The van der Waals surface area contributed by atoms with Gasteiger partial charge < -0.3 is 9.32 Å². The van der Waals surface area contributed by atoms with E-state index in [1.807, 2.05) is 83.7 Å². The summed E-state index contributed by atoms with van der Waals surface area (Å²) in [5, 5.41) is 4.72. The maximum absolute atomic E-state index is 13.2. The van der Waals surface area contributed by atoms with Crippen LogP contribution in [0.3, 0.4) is 0 Å². The Morgan fingerprint density at radius 3 is 2.39 bits per heavy atom. The van der Waals surface area contributed by atoms with Crippen LogP contribution in [0.5, 0.6) is 0 Å². The largest absolute Gasteiger partial charge is 0.467 e. The first kappa shape index (κ1) is 17.8. The van der Waals surface area contributed by atoms with E-state index in [-0.39, 0.29) is 5.91 Å². The van der Waals surface area contributed by atoms with Crippen LogP contribution in [0.2, 0.25) is 0 Å². The van der Waals surface area contributed by atoms with Crippen LogP contribution in [0, 0.1) is 0 Å². The van der Waals surface area contributed by atoms with Crippen molar-refractivity contribution in [3.05, 3.63) is 102 Å². The van der Waals surface area contributed by atoms with Crippen LogP contribution in [0.15, 0.2) is 89.7 Å². The second-order valence-corrected chi connectivity index (χ2v) is 6.68. The molecule has 0 saturated heterocycles. The molecule has 0 aliphatic rings. The van der Waals surface area contributed by atoms with Crippen LogP contribution in [-0.4, -0.2) is 27.6 Å². The molecule has 28 heavy (non-hydrogen) atoms. The number of hydrogen-bond donors (Lipinski definition) is 0. The summed E-state index contributed by atoms with van der Waals surface area (Å²) in [6, 6.07) is 23.6. The van der Waals surface area contributed by atoms with Gasteiger partial charge in [0.1, 0.15) is 11.5 Å². The highest BCUT2D eigenvalue weighted by Gasteiger charge is 2.21. The Bertz CT molecular complexity index is 1040. The summed E-state index contributed by atoms with van der Waals surface area (Å²) in [7, 11) is 1.77. The van der Waals surface area contributed by atoms with Crippen molar-refractivity contribution in [2.24, 2.45) is 0 Å². The number of carbonyl (C=O) groups excluding carboxylic acids is 1. The minimum atomic E-state index is -0.0884. The number of hydrogen-bond acceptors (Lipinski definition) is 3. The molecule has 2 heterocycles. The first-order valence-corrected chi connectivity index (χ1v) is 9.15. The molecular weight excluding hydrogens is 350 g/mol. The fraction of sp³-hybridized carbons (Fsp3) is 0.130. The van der Waals surface area contributed by atoms with Gasteiger partial charge in [0.15, 0.2) is 0 Å². The van der Waals surface area contributed by atoms with Gasteiger partial charge in [-0.3, -0.25) is 9.48 Å². The molecule has 4 rings (SSSR count). The van der Waals surface area contributed by atoms with E-state index in [1.54, 1.807) is 18.2 Å². The van der Waals surface area contributed by atoms with E-state index in [9.17, 15) is 4.79 Å². The highest BCUT2D eigenvalue weighted by molar-refractivity contribution is 5.99. The topological polar surface area (TPSA) is 51.3 Å². The highest BCUT2D eigenvalue weighted by atomic mass is 16.3. The highest BCUT2D eigenvalue weighted by Crippen LogP contribution is 2.24. The molecule has 0 N–H and O–H groups in total. The van der Waals surface area contributed by atoms with Gasteiger partial charge in [0.2, 0.25) is 0 Å². The third-order valence-electron chi connectivity index (χ3n) is 4.55. The number of furan rings is 1. The SMILES string of the molecule is CN(Cc1ccco1)C(=O)c1cn(Cc2ccccc2)nc1-c1ccccc1. The van der Waals surface area contributed by atoms with E-state index in [4.69, 9.17) is 9.52 Å². The van der Waals surface area contributed by atoms with E-state index >= 15 is 0 Å². The van der Waals surface area contributed by atoms with Crippen LogP contribution >= 0.6 is 0 Å². The third-order valence-corrected chi connectivity index (χ3v) is 4.55. The number of carbonyl (C=O) groups is 1. The van der Waals surface area contributed by atoms with E-state index < -0.39 is 0 Å². The quantitative estimate of drug-likeness (QED) is 0.503. The van der Waals surface area contributed by atoms with Gasteiger partial charge in [0.25, 0.3) is 5.91 Å². The Morgan fingerprint density at radius 1 is 1.00 bits per heavy atom. The number of nitrogens with zero attached hydrogens (tertiary/aromatic N) is 3. The maximum atomic E-state index is 13.2. The fourth-order valence-electron chi connectivity index (χ4n) is 3.15. The second-order valence-electron chi connectivity index (χ2n) is 6.68. The maximum Gasteiger partial charge on any atom is 0.257 e. The molecule has 2 aromatic carbocycles. The van der Waals surface area contributed by atoms with Crippen molar-refractivity contribution in [2.75, 3.05) is 7.05 Å². The monoisotopic (exact) mass is 371 g/mol. The van der Waals surface area contributed by atoms with E-state index in [0.29, 0.717) is 24.3 Å². The summed E-state index contributed by atoms with van der Waals surface area (Å²) in [4.78, 5) is 14.8. The minimum Gasteiger partial charge on any atom is -0.467 e. The van der Waals surface area contributed by atoms with Crippen molar-refractivity contribution in [2.45, 2.75) is 13.1 Å². The smallest absolute Gasteiger partial charge is 0.257 e. The zero-order valence-electron chi connectivity index (χ0n) is 15.7. The summed E-state index contributed by atoms with van der Waals surface area (Å²) in [5.41, 5.74) is 3.32. The van der Waals surface area contributed by atoms with Crippen molar-refractivity contribution in [3.8, 4) is 11.3 Å². The molecule has 0 radical (unpaired) electrons. The van der Waals surface area contributed by atoms with Gasteiger partial charge in [-0.2, -0.15) is 5.10 Å². The molecule has 0 fully saturated rings. The van der Waals surface area contributed by atoms with Gasteiger partial charge >= 0.3 is 0 Å². The Kier molecular flexibility index (Phi) is 5.06. The van der Waals surface area contributed by atoms with Gasteiger partial charge in [0, 0.05) is 18.8 Å². The van der Waals surface area contributed by atoms with E-state index in [1.165, 1.54) is 0 Å². The fourth-order valence-corrected chi connectivity index (χ4v) is 3.15. The number of rotatable bonds is 6. The van der Waals surface area contributed by atoms with Crippen molar-refractivity contribution in [1.82, 2.24) is 14.7 Å². The summed E-state index contributed by atoms with van der Waals surface area (Å²) in [6.45, 7) is 1.01. The van der Waals surface area contributed by atoms with Crippen molar-refractivity contribution < 1.29 is 9.21 Å². The molecular formula is C23H21N3O2. The Labute approximate surface area is 163 Å². The predicted molar refractivity (Wildman–Crippen MR) is 108 cm³/mol. The Balaban J connectivity index is 1.66. The molecule has 5 heteroatoms. The average molecular weight is 371 g/mol. The molecule has 0 aliphatic carbocycles. The number of aromatic nitrogens is 2. The Morgan fingerprint density at radius 2 is 1.71 bits per heavy atom. The van der Waals surface area contributed by atoms with Crippen molar-refractivity contribution in [1.29, 1.82) is 0 Å². The molecule has 0 bridgehead atoms. The Hall–Kier alpha value is -3.60. The molecule has 0 unspecified atom stereocenters. The lowest BCUT2D eigenvalue weighted by Crippen LogP contribution is -2.26. The second kappa shape index (κ2) is 7.96. The first-order chi connectivity index (χ1) is 13.7. The lowest BCUT2D eigenvalue weighted by Gasteiger charge is -2.15. The van der Waals surface area contributed by atoms with Crippen molar-refractivity contribution in [3.63, 3.8) is 0 Å². The summed E-state index contributed by atoms with van der Waals surface area (Å²) >= 11 is 0. The van der Waals surface area contributed by atoms with Gasteiger partial charge in [-0.15, -0.1) is 0 Å². The standard InChI is InChI=1S/C23H21N3O2/c1-25(16-20-13-8-14-28-20)23(27)21-17-26(15-18-9-4-2-5-10-18)24-22(21)19-11-6-3-7-12-19/h2-14,17H,15-16H2,1H3. The summed E-state index contributed by atoms with van der Waals surface area (Å²) < 4.78 is 7.20. The molecule has 0 saturated carbocycles. The van der Waals surface area contributed by atoms with Crippen LogP contribution in [-0.2, 0) is 13.1 Å². The molecule has 0 spiro atoms. The lowest BCUT2D eigenvalue weighted by atomic mass is 10.1. The van der Waals surface area contributed by atoms with Gasteiger partial charge in [-0.25, -0.2) is 0 Å². The van der Waals surface area contributed by atoms with Crippen molar-refractivity contribution >= 4 is 5.91 Å². The lowest BCUT2D eigenvalue weighted by molar-refractivity contribution is 0.0776. The van der Waals surface area contributed by atoms with Crippen LogP contribution in [0.1, 0.15) is 21.7 Å². The summed E-state index contributed by atoms with van der Waals surface area (Å²) in [6.07, 6.45) is 3.44. The van der Waals surface area contributed by atoms with E-state index in [0.717, 1.165) is 16.9 Å². The number of benzene rings is 2. The van der Waals surface area contributed by atoms with Crippen LogP contribution in [0.25, 0.3) is 11.3 Å². The molecule has 5 nitrogen and oxygen atoms in total. The first-order valence-electron chi connectivity index (χ1n) is 9.15. The molecule has 0 aliphatic heterocycles. The zero-order chi connectivity index (χ0) is 19.3. The van der Waals surface area contributed by atoms with Crippen LogP contribution in [0.4, 0.5) is 0 Å². The average Bonchev–Trinajstić information content (AvgIpc) is 3.39. The molecule has 2 aromatic heterocycles. The van der Waals surface area contributed by atoms with E-state index in [2.05, 4.69) is 0 Å². The normalized spacial score (nSPS) is 10.8. The molecule has 1 amide bonds. The van der Waals surface area contributed by atoms with Gasteiger partial charge in [-0.05, 0) is 17.7 Å². The van der Waals surface area contributed by atoms with Crippen LogP contribution < -0.4 is 0 Å². The zero-order valence-corrected chi connectivity index (χ0v) is 15.7. The molecule has 140 valence electrons. The number of amides is 1. The summed E-state index contributed by atoms with van der Waals surface area (Å²) in [5.74, 6) is 0.656. The van der Waals surface area contributed by atoms with Gasteiger partial charge in [-0.1, -0.05) is 60.7 Å². The molecule has 4 aromatic rings. The minimum absolute atomic E-state index is 0.0884. The third kappa shape index (κ3) is 3.88. The predicted octanol–water partition coefficient (Wildman–Crippen LogP) is 4.46. The molecule has 0 atom stereocenters. The van der Waals surface area contributed by atoms with Gasteiger partial charge in [0.05, 0.1) is 24.9 Å².